The maximum Gasteiger partial charge on any atom is 0.417 e. The lowest BCUT2D eigenvalue weighted by Crippen LogP contribution is -2.37. The van der Waals surface area contributed by atoms with Crippen molar-refractivity contribution in [3.63, 3.8) is 0 Å². The average molecular weight is 469 g/mol. The fourth-order valence-corrected chi connectivity index (χ4v) is 3.00. The Hall–Kier alpha value is -2.60. The minimum Gasteiger partial charge on any atom is -0.384 e. The minimum atomic E-state index is -4.71. The van der Waals surface area contributed by atoms with Crippen LogP contribution in [0.2, 0.25) is 5.02 Å². The number of benzene rings is 1. The van der Waals surface area contributed by atoms with Gasteiger partial charge in [-0.1, -0.05) is 18.5 Å². The molecule has 2 aromatic rings. The molecule has 1 aromatic carbocycles. The van der Waals surface area contributed by atoms with Crippen LogP contribution in [-0.4, -0.2) is 23.5 Å². The van der Waals surface area contributed by atoms with Crippen molar-refractivity contribution in [1.82, 2.24) is 15.0 Å². The summed E-state index contributed by atoms with van der Waals surface area (Å²) in [4.78, 5) is 27.1. The Balaban J connectivity index is 2.06. The minimum absolute atomic E-state index is 0.0958. The van der Waals surface area contributed by atoms with Crippen LogP contribution in [0.15, 0.2) is 29.3 Å². The molecule has 6 nitrogen and oxygen atoms in total. The van der Waals surface area contributed by atoms with E-state index in [9.17, 15) is 31.5 Å². The molecule has 0 saturated carbocycles. The number of rotatable bonds is 6. The van der Waals surface area contributed by atoms with Crippen molar-refractivity contribution in [2.75, 3.05) is 11.9 Å². The zero-order valence-electron chi connectivity index (χ0n) is 15.2. The SMILES string of the molecule is CCCNc1cc(F)cc(F)c1SNC(=O)NC(=O)c1ncc(C(F)(F)F)cc1Cl. The molecular weight excluding hydrogens is 455 g/mol. The normalized spacial score (nSPS) is 11.2. The number of amides is 3. The molecule has 0 aliphatic carbocycles. The monoisotopic (exact) mass is 468 g/mol. The number of anilines is 1. The summed E-state index contributed by atoms with van der Waals surface area (Å²) in [5.41, 5.74) is -1.68. The molecule has 1 aromatic heterocycles. The molecule has 0 fully saturated rings. The molecule has 0 radical (unpaired) electrons. The Morgan fingerprint density at radius 2 is 1.90 bits per heavy atom. The van der Waals surface area contributed by atoms with Gasteiger partial charge in [-0.25, -0.2) is 18.6 Å². The van der Waals surface area contributed by atoms with Crippen LogP contribution in [0.5, 0.6) is 0 Å². The number of carbonyl (C=O) groups is 2. The molecule has 0 spiro atoms. The maximum atomic E-state index is 14.0. The van der Waals surface area contributed by atoms with E-state index < -0.39 is 46.0 Å². The Kier molecular flexibility index (Phi) is 7.84. The first-order chi connectivity index (χ1) is 14.0. The van der Waals surface area contributed by atoms with E-state index in [1.54, 1.807) is 5.32 Å². The fourth-order valence-electron chi connectivity index (χ4n) is 2.10. The van der Waals surface area contributed by atoms with Crippen LogP contribution in [0.3, 0.4) is 0 Å². The lowest BCUT2D eigenvalue weighted by Gasteiger charge is -2.13. The van der Waals surface area contributed by atoms with Crippen molar-refractivity contribution in [2.45, 2.75) is 24.4 Å². The van der Waals surface area contributed by atoms with Crippen LogP contribution in [0.4, 0.5) is 32.4 Å². The van der Waals surface area contributed by atoms with Gasteiger partial charge in [0, 0.05) is 18.8 Å². The zero-order valence-corrected chi connectivity index (χ0v) is 16.7. The zero-order chi connectivity index (χ0) is 22.5. The number of halogens is 6. The summed E-state index contributed by atoms with van der Waals surface area (Å²) < 4.78 is 67.4. The van der Waals surface area contributed by atoms with Crippen LogP contribution < -0.4 is 15.4 Å². The van der Waals surface area contributed by atoms with E-state index in [-0.39, 0.29) is 10.6 Å². The molecule has 0 aliphatic heterocycles. The molecule has 0 bridgehead atoms. The lowest BCUT2D eigenvalue weighted by molar-refractivity contribution is -0.137. The van der Waals surface area contributed by atoms with Gasteiger partial charge < -0.3 is 5.32 Å². The predicted octanol–water partition coefficient (Wildman–Crippen LogP) is 5.00. The molecule has 3 amide bonds. The summed E-state index contributed by atoms with van der Waals surface area (Å²) in [6.45, 7) is 2.26. The molecule has 2 rings (SSSR count). The van der Waals surface area contributed by atoms with Gasteiger partial charge in [-0.3, -0.25) is 14.8 Å². The van der Waals surface area contributed by atoms with E-state index >= 15 is 0 Å². The quantitative estimate of drug-likeness (QED) is 0.410. The highest BCUT2D eigenvalue weighted by atomic mass is 35.5. The van der Waals surface area contributed by atoms with Gasteiger partial charge in [0.1, 0.15) is 17.3 Å². The number of nitrogens with zero attached hydrogens (tertiary/aromatic N) is 1. The number of aromatic nitrogens is 1. The van der Waals surface area contributed by atoms with Crippen molar-refractivity contribution in [3.05, 3.63) is 52.3 Å². The summed E-state index contributed by atoms with van der Waals surface area (Å²) in [6.07, 6.45) is -3.64. The van der Waals surface area contributed by atoms with Crippen LogP contribution in [0.25, 0.3) is 0 Å². The molecule has 162 valence electrons. The molecule has 0 atom stereocenters. The molecule has 3 N–H and O–H groups in total. The van der Waals surface area contributed by atoms with Gasteiger partial charge in [0.25, 0.3) is 5.91 Å². The predicted molar refractivity (Wildman–Crippen MR) is 101 cm³/mol. The van der Waals surface area contributed by atoms with Gasteiger partial charge >= 0.3 is 12.2 Å². The second-order valence-corrected chi connectivity index (χ2v) is 6.95. The van der Waals surface area contributed by atoms with E-state index in [4.69, 9.17) is 11.6 Å². The first-order valence-corrected chi connectivity index (χ1v) is 9.46. The number of hydrogen-bond donors (Lipinski definition) is 3. The number of urea groups is 1. The molecular formula is C17H14ClF5N4O2S. The molecule has 0 saturated heterocycles. The van der Waals surface area contributed by atoms with E-state index in [2.05, 4.69) is 15.0 Å². The fraction of sp³-hybridized carbons (Fsp3) is 0.235. The highest BCUT2D eigenvalue weighted by Crippen LogP contribution is 2.31. The maximum absolute atomic E-state index is 14.0. The Labute approximate surface area is 176 Å². The van der Waals surface area contributed by atoms with Gasteiger partial charge in [-0.2, -0.15) is 13.2 Å². The second-order valence-electron chi connectivity index (χ2n) is 5.73. The van der Waals surface area contributed by atoms with Crippen molar-refractivity contribution in [1.29, 1.82) is 0 Å². The van der Waals surface area contributed by atoms with E-state index in [1.165, 1.54) is 0 Å². The van der Waals surface area contributed by atoms with Crippen LogP contribution in [0.1, 0.15) is 29.4 Å². The smallest absolute Gasteiger partial charge is 0.384 e. The Morgan fingerprint density at radius 3 is 2.50 bits per heavy atom. The number of hydrogen-bond acceptors (Lipinski definition) is 5. The van der Waals surface area contributed by atoms with Crippen LogP contribution in [-0.2, 0) is 6.18 Å². The number of pyridine rings is 1. The Bertz CT molecular complexity index is 958. The van der Waals surface area contributed by atoms with Crippen molar-refractivity contribution in [3.8, 4) is 0 Å². The van der Waals surface area contributed by atoms with Gasteiger partial charge in [0.15, 0.2) is 0 Å². The van der Waals surface area contributed by atoms with E-state index in [1.807, 2.05) is 6.92 Å². The van der Waals surface area contributed by atoms with Crippen LogP contribution in [0, 0.1) is 11.6 Å². The lowest BCUT2D eigenvalue weighted by atomic mass is 10.2. The molecule has 30 heavy (non-hydrogen) atoms. The highest BCUT2D eigenvalue weighted by Gasteiger charge is 2.32. The van der Waals surface area contributed by atoms with Gasteiger partial charge in [-0.05, 0) is 30.5 Å². The second kappa shape index (κ2) is 9.94. The third kappa shape index (κ3) is 6.20. The third-order valence-electron chi connectivity index (χ3n) is 3.43. The number of nitrogens with one attached hydrogen (secondary N) is 3. The van der Waals surface area contributed by atoms with Crippen molar-refractivity contribution >= 4 is 41.2 Å². The van der Waals surface area contributed by atoms with Crippen LogP contribution >= 0.6 is 23.5 Å². The summed E-state index contributed by atoms with van der Waals surface area (Å²) in [5, 5.41) is 3.99. The van der Waals surface area contributed by atoms with Crippen molar-refractivity contribution in [2.24, 2.45) is 0 Å². The standard InChI is InChI=1S/C17H14ClF5N4O2S/c1-2-3-24-12-6-9(19)5-11(20)14(12)30-27-16(29)26-15(28)13-10(18)4-8(7-25-13)17(21,22)23/h4-7,24H,2-3H2,1H3,(H2,26,27,28,29). The first kappa shape index (κ1) is 23.7. The topological polar surface area (TPSA) is 83.1 Å². The van der Waals surface area contributed by atoms with Gasteiger partial charge in [0.05, 0.1) is 21.2 Å². The number of carbonyl (C=O) groups excluding carboxylic acids is 2. The summed E-state index contributed by atoms with van der Waals surface area (Å²) >= 11 is 6.11. The Morgan fingerprint density at radius 1 is 1.20 bits per heavy atom. The highest BCUT2D eigenvalue weighted by molar-refractivity contribution is 7.98. The van der Waals surface area contributed by atoms with Gasteiger partial charge in [0.2, 0.25) is 0 Å². The molecule has 0 unspecified atom stereocenters. The largest absolute Gasteiger partial charge is 0.417 e. The van der Waals surface area contributed by atoms with E-state index in [0.717, 1.165) is 6.07 Å². The average Bonchev–Trinajstić information content (AvgIpc) is 2.64. The molecule has 13 heteroatoms. The number of alkyl halides is 3. The summed E-state index contributed by atoms with van der Waals surface area (Å²) in [5.74, 6) is -2.94. The third-order valence-corrected chi connectivity index (χ3v) is 4.62. The van der Waals surface area contributed by atoms with Crippen molar-refractivity contribution < 1.29 is 31.5 Å². The van der Waals surface area contributed by atoms with Gasteiger partial charge in [-0.15, -0.1) is 0 Å². The molecule has 1 heterocycles. The number of imide groups is 1. The summed E-state index contributed by atoms with van der Waals surface area (Å²) in [7, 11) is 0. The summed E-state index contributed by atoms with van der Waals surface area (Å²) in [6, 6.07) is 1.04. The van der Waals surface area contributed by atoms with E-state index in [0.29, 0.717) is 43.2 Å². The molecule has 0 aliphatic rings. The first-order valence-electron chi connectivity index (χ1n) is 8.26.